The average molecular weight is 626 g/mol. The molecule has 0 bridgehead atoms. The molecule has 0 unspecified atom stereocenters. The van der Waals surface area contributed by atoms with Crippen molar-refractivity contribution >= 4 is 47.0 Å². The normalized spacial score (nSPS) is 32.1. The summed E-state index contributed by atoms with van der Waals surface area (Å²) in [7, 11) is -3.98. The molecule has 0 radical (unpaired) electrons. The Morgan fingerprint density at radius 3 is 2.92 bits per heavy atom. The number of hydrogen-bond donors (Lipinski definition) is 1. The zero-order valence-electron chi connectivity index (χ0n) is 20.9. The van der Waals surface area contributed by atoms with E-state index in [4.69, 9.17) is 38.3 Å². The van der Waals surface area contributed by atoms with Gasteiger partial charge in [0.2, 0.25) is 11.8 Å². The molecular formula is C23H25BrN5O9P. The molecule has 3 aromatic rings. The van der Waals surface area contributed by atoms with E-state index in [2.05, 4.69) is 30.9 Å². The molecule has 16 heteroatoms. The summed E-state index contributed by atoms with van der Waals surface area (Å²) in [6.45, 7) is 3.66. The fourth-order valence-corrected chi connectivity index (χ4v) is 6.92. The largest absolute Gasteiger partial charge is 0.509 e. The van der Waals surface area contributed by atoms with Gasteiger partial charge in [-0.05, 0) is 25.5 Å². The van der Waals surface area contributed by atoms with Crippen LogP contribution >= 0.6 is 23.8 Å². The minimum absolute atomic E-state index is 0.00689. The number of nitrogen functional groups attached to an aromatic ring is 1. The van der Waals surface area contributed by atoms with Gasteiger partial charge in [0.25, 0.3) is 0 Å². The fourth-order valence-electron chi connectivity index (χ4n) is 4.99. The number of halogens is 1. The van der Waals surface area contributed by atoms with E-state index >= 15 is 0 Å². The number of ether oxygens (including phenoxy) is 4. The number of phosphoric acid groups is 1. The molecule has 0 spiro atoms. The van der Waals surface area contributed by atoms with Crippen molar-refractivity contribution in [1.29, 1.82) is 0 Å². The van der Waals surface area contributed by atoms with Crippen molar-refractivity contribution < 1.29 is 41.9 Å². The van der Waals surface area contributed by atoms with Crippen LogP contribution in [-0.4, -0.2) is 63.3 Å². The second kappa shape index (κ2) is 9.98. The maximum absolute atomic E-state index is 13.4. The van der Waals surface area contributed by atoms with Crippen molar-refractivity contribution in [2.45, 2.75) is 50.4 Å². The lowest BCUT2D eigenvalue weighted by molar-refractivity contribution is -0.0925. The fraction of sp³-hybridized carbons (Fsp3) is 0.478. The Morgan fingerprint density at radius 1 is 1.31 bits per heavy atom. The third-order valence-electron chi connectivity index (χ3n) is 6.71. The third kappa shape index (κ3) is 4.66. The van der Waals surface area contributed by atoms with Gasteiger partial charge in [0.1, 0.15) is 12.4 Å². The molecule has 3 saturated heterocycles. The molecule has 0 saturated carbocycles. The molecule has 208 valence electrons. The van der Waals surface area contributed by atoms with E-state index in [1.807, 2.05) is 24.3 Å². The van der Waals surface area contributed by atoms with E-state index in [1.54, 1.807) is 18.4 Å². The first-order valence-corrected chi connectivity index (χ1v) is 14.5. The number of phosphoric ester groups is 1. The number of carbonyl (C=O) groups is 1. The molecule has 0 aliphatic carbocycles. The lowest BCUT2D eigenvalue weighted by Gasteiger charge is -2.30. The van der Waals surface area contributed by atoms with Crippen LogP contribution in [0.3, 0.4) is 0 Å². The number of aromatic nitrogens is 4. The van der Waals surface area contributed by atoms with E-state index in [9.17, 15) is 9.36 Å². The van der Waals surface area contributed by atoms with Crippen LogP contribution in [-0.2, 0) is 32.3 Å². The van der Waals surface area contributed by atoms with Crippen molar-refractivity contribution in [2.75, 3.05) is 25.6 Å². The number of nitrogens with zero attached hydrogens (tertiary/aromatic N) is 4. The molecule has 1 aromatic carbocycles. The van der Waals surface area contributed by atoms with E-state index in [1.165, 1.54) is 6.33 Å². The van der Waals surface area contributed by atoms with Crippen molar-refractivity contribution in [3.8, 4) is 5.88 Å². The molecule has 3 aliphatic rings. The number of imidazole rings is 1. The minimum atomic E-state index is -3.98. The van der Waals surface area contributed by atoms with Crippen molar-refractivity contribution in [3.05, 3.63) is 40.6 Å². The van der Waals surface area contributed by atoms with Gasteiger partial charge in [-0.25, -0.2) is 14.3 Å². The molecule has 6 rings (SSSR count). The summed E-state index contributed by atoms with van der Waals surface area (Å²) in [5.41, 5.74) is 5.99. The number of rotatable bonds is 7. The molecule has 2 N–H and O–H groups in total. The van der Waals surface area contributed by atoms with Crippen LogP contribution in [0.1, 0.15) is 38.2 Å². The van der Waals surface area contributed by atoms with Crippen molar-refractivity contribution in [1.82, 2.24) is 19.5 Å². The topological polar surface area (TPSA) is 168 Å². The van der Waals surface area contributed by atoms with Gasteiger partial charge in [0.15, 0.2) is 29.1 Å². The van der Waals surface area contributed by atoms with Crippen LogP contribution in [0.5, 0.6) is 5.88 Å². The summed E-state index contributed by atoms with van der Waals surface area (Å²) >= 11 is 3.50. The molecule has 14 nitrogen and oxygen atoms in total. The van der Waals surface area contributed by atoms with Gasteiger partial charge >= 0.3 is 14.0 Å². The maximum Gasteiger partial charge on any atom is 0.509 e. The van der Waals surface area contributed by atoms with Gasteiger partial charge in [0, 0.05) is 10.9 Å². The van der Waals surface area contributed by atoms with E-state index in [0.717, 1.165) is 10.0 Å². The molecule has 0 amide bonds. The van der Waals surface area contributed by atoms with E-state index in [-0.39, 0.29) is 30.7 Å². The Labute approximate surface area is 230 Å². The highest BCUT2D eigenvalue weighted by Gasteiger charge is 2.64. The quantitative estimate of drug-likeness (QED) is 0.295. The highest BCUT2D eigenvalue weighted by molar-refractivity contribution is 9.10. The van der Waals surface area contributed by atoms with Gasteiger partial charge in [-0.1, -0.05) is 34.1 Å². The monoisotopic (exact) mass is 625 g/mol. The number of fused-ring (bicyclic) bond motifs is 2. The van der Waals surface area contributed by atoms with Crippen molar-refractivity contribution in [3.63, 3.8) is 0 Å². The smallest absolute Gasteiger partial charge is 0.476 e. The number of hydrogen-bond acceptors (Lipinski definition) is 13. The van der Waals surface area contributed by atoms with Crippen LogP contribution < -0.4 is 10.5 Å². The Hall–Kier alpha value is -2.81. The van der Waals surface area contributed by atoms with Gasteiger partial charge in [-0.3, -0.25) is 18.1 Å². The Kier molecular flexibility index (Phi) is 6.76. The summed E-state index contributed by atoms with van der Waals surface area (Å²) in [4.78, 5) is 24.9. The molecule has 39 heavy (non-hydrogen) atoms. The van der Waals surface area contributed by atoms with Crippen LogP contribution in [0.4, 0.5) is 10.7 Å². The first-order chi connectivity index (χ1) is 18.7. The molecule has 3 fully saturated rings. The molecular weight excluding hydrogens is 601 g/mol. The zero-order valence-corrected chi connectivity index (χ0v) is 23.4. The van der Waals surface area contributed by atoms with E-state index < -0.39 is 44.1 Å². The van der Waals surface area contributed by atoms with Gasteiger partial charge in [0.05, 0.1) is 25.9 Å². The first-order valence-electron chi connectivity index (χ1n) is 12.2. The van der Waals surface area contributed by atoms with Gasteiger partial charge < -0.3 is 24.7 Å². The molecule has 3 aliphatic heterocycles. The number of benzene rings is 1. The van der Waals surface area contributed by atoms with E-state index in [0.29, 0.717) is 18.5 Å². The second-order valence-electron chi connectivity index (χ2n) is 9.23. The van der Waals surface area contributed by atoms with Gasteiger partial charge in [-0.2, -0.15) is 9.97 Å². The Bertz CT molecular complexity index is 1470. The maximum atomic E-state index is 13.4. The predicted octanol–water partition coefficient (Wildman–Crippen LogP) is 4.06. The van der Waals surface area contributed by atoms with Crippen LogP contribution in [0.2, 0.25) is 0 Å². The third-order valence-corrected chi connectivity index (χ3v) is 8.90. The summed E-state index contributed by atoms with van der Waals surface area (Å²) in [5, 5.41) is 0. The van der Waals surface area contributed by atoms with Crippen LogP contribution in [0, 0.1) is 0 Å². The summed E-state index contributed by atoms with van der Waals surface area (Å²) in [6.07, 6.45) is -2.17. The first kappa shape index (κ1) is 26.4. The molecule has 5 heterocycles. The summed E-state index contributed by atoms with van der Waals surface area (Å²) in [6, 6.07) is 7.49. The zero-order chi connectivity index (χ0) is 27.4. The summed E-state index contributed by atoms with van der Waals surface area (Å²) < 4.78 is 55.7. The lowest BCUT2D eigenvalue weighted by atomic mass is 9.96. The summed E-state index contributed by atoms with van der Waals surface area (Å²) in [5.74, 6) is 0.185. The highest BCUT2D eigenvalue weighted by Crippen LogP contribution is 2.58. The van der Waals surface area contributed by atoms with Crippen molar-refractivity contribution in [2.24, 2.45) is 0 Å². The number of anilines is 1. The highest BCUT2D eigenvalue weighted by atomic mass is 79.9. The molecule has 2 aromatic heterocycles. The van der Waals surface area contributed by atoms with Crippen LogP contribution in [0.25, 0.3) is 11.2 Å². The molecule has 6 atom stereocenters. The average Bonchev–Trinajstić information content (AvgIpc) is 3.52. The number of nitrogens with two attached hydrogens (primary N) is 1. The lowest BCUT2D eigenvalue weighted by Crippen LogP contribution is -2.42. The SMILES string of the molecule is CCOc1nc(N)nc2ncn([C@@H]3O[C@H](CO[P@@]4(=O)OCC[C@@H](c5ccccc5Br)O4)[C@H]4OC(=O)O[C@]43C)c12. The Morgan fingerprint density at radius 2 is 2.13 bits per heavy atom. The minimum Gasteiger partial charge on any atom is -0.476 e. The van der Waals surface area contributed by atoms with Crippen LogP contribution in [0.15, 0.2) is 35.1 Å². The van der Waals surface area contributed by atoms with Gasteiger partial charge in [-0.15, -0.1) is 0 Å². The predicted molar refractivity (Wildman–Crippen MR) is 137 cm³/mol. The Balaban J connectivity index is 1.26. The standard InChI is InChI=1S/C23H25BrN5O9P/c1-3-32-19-16-18(27-21(25)28-19)26-11-29(16)20-23(2)17(36-22(30)37-23)15(35-20)10-34-39(31)33-9-8-14(38-39)12-6-4-5-7-13(12)24/h4-7,11,14-15,17,20H,3,8-10H2,1-2H3,(H2,25,27,28)/t14-,15+,17+,20+,23+,39+/m0/s1. The second-order valence-corrected chi connectivity index (χ2v) is 11.7. The number of carbonyl (C=O) groups excluding carboxylic acids is 1.